The van der Waals surface area contributed by atoms with Gasteiger partial charge in [0.25, 0.3) is 0 Å². The molecule has 1 aromatic carbocycles. The molecule has 0 aliphatic heterocycles. The maximum Gasteiger partial charge on any atom is 0.339 e. The van der Waals surface area contributed by atoms with E-state index < -0.39 is 5.97 Å². The molecule has 0 radical (unpaired) electrons. The summed E-state index contributed by atoms with van der Waals surface area (Å²) in [5, 5.41) is 9.71. The van der Waals surface area contributed by atoms with Gasteiger partial charge in [-0.05, 0) is 18.2 Å². The minimum Gasteiger partial charge on any atom is -0.478 e. The van der Waals surface area contributed by atoms with E-state index in [0.29, 0.717) is 15.8 Å². The van der Waals surface area contributed by atoms with Crippen LogP contribution in [0.1, 0.15) is 10.4 Å². The minimum atomic E-state index is -1.09. The summed E-state index contributed by atoms with van der Waals surface area (Å²) in [5.41, 5.74) is 0.0241. The number of aromatic carboxylic acids is 1. The monoisotopic (exact) mass is 283 g/mol. The fraction of sp³-hybridized carbons (Fsp3) is 0. The predicted molar refractivity (Wildman–Crippen MR) is 67.7 cm³/mol. The number of pyridine rings is 1. The highest BCUT2D eigenvalue weighted by atomic mass is 35.5. The van der Waals surface area contributed by atoms with Crippen LogP contribution in [0.15, 0.2) is 36.7 Å². The van der Waals surface area contributed by atoms with Crippen molar-refractivity contribution in [2.75, 3.05) is 0 Å². The topological polar surface area (TPSA) is 59.4 Å². The summed E-state index contributed by atoms with van der Waals surface area (Å²) in [6.07, 6.45) is 2.71. The molecule has 0 aliphatic rings. The Labute approximate surface area is 113 Å². The van der Waals surface area contributed by atoms with Crippen LogP contribution in [0.3, 0.4) is 0 Å². The number of hydrogen-bond acceptors (Lipinski definition) is 3. The van der Waals surface area contributed by atoms with Gasteiger partial charge in [0, 0.05) is 12.3 Å². The van der Waals surface area contributed by atoms with Crippen LogP contribution >= 0.6 is 23.2 Å². The van der Waals surface area contributed by atoms with Gasteiger partial charge in [0.1, 0.15) is 11.3 Å². The molecule has 92 valence electrons. The Bertz CT molecular complexity index is 602. The summed E-state index contributed by atoms with van der Waals surface area (Å²) in [5.74, 6) is -0.559. The maximum atomic E-state index is 11.0. The molecule has 2 rings (SSSR count). The lowest BCUT2D eigenvalue weighted by Crippen LogP contribution is -2.00. The van der Waals surface area contributed by atoms with Gasteiger partial charge in [-0.3, -0.25) is 4.98 Å². The van der Waals surface area contributed by atoms with Crippen molar-refractivity contribution >= 4 is 29.2 Å². The van der Waals surface area contributed by atoms with E-state index in [2.05, 4.69) is 4.98 Å². The van der Waals surface area contributed by atoms with Gasteiger partial charge in [-0.25, -0.2) is 4.79 Å². The molecule has 1 heterocycles. The second-order valence-corrected chi connectivity index (χ2v) is 4.17. The van der Waals surface area contributed by atoms with Gasteiger partial charge in [-0.2, -0.15) is 0 Å². The Morgan fingerprint density at radius 1 is 1.22 bits per heavy atom. The van der Waals surface area contributed by atoms with Gasteiger partial charge in [0.2, 0.25) is 0 Å². The molecule has 0 unspecified atom stereocenters. The van der Waals surface area contributed by atoms with Crippen molar-refractivity contribution in [1.29, 1.82) is 0 Å². The second kappa shape index (κ2) is 5.25. The van der Waals surface area contributed by atoms with Crippen LogP contribution in [0.2, 0.25) is 10.0 Å². The fourth-order valence-electron chi connectivity index (χ4n) is 1.31. The third-order valence-corrected chi connectivity index (χ3v) is 2.87. The Balaban J connectivity index is 2.34. The van der Waals surface area contributed by atoms with Crippen molar-refractivity contribution in [3.63, 3.8) is 0 Å². The molecule has 2 aromatic rings. The number of rotatable bonds is 3. The summed E-state index contributed by atoms with van der Waals surface area (Å²) in [6, 6.07) is 6.01. The number of carboxylic acids is 1. The molecule has 0 saturated carbocycles. The van der Waals surface area contributed by atoms with E-state index in [1.54, 1.807) is 12.1 Å². The van der Waals surface area contributed by atoms with E-state index in [1.165, 1.54) is 24.5 Å². The number of halogens is 2. The van der Waals surface area contributed by atoms with Crippen molar-refractivity contribution in [2.45, 2.75) is 0 Å². The average Bonchev–Trinajstić information content (AvgIpc) is 2.34. The summed E-state index contributed by atoms with van der Waals surface area (Å²) in [6.45, 7) is 0. The largest absolute Gasteiger partial charge is 0.478 e. The second-order valence-electron chi connectivity index (χ2n) is 3.35. The van der Waals surface area contributed by atoms with Crippen molar-refractivity contribution in [2.24, 2.45) is 0 Å². The molecule has 4 nitrogen and oxygen atoms in total. The first-order valence-electron chi connectivity index (χ1n) is 4.88. The van der Waals surface area contributed by atoms with Crippen LogP contribution in [0.5, 0.6) is 11.5 Å². The third kappa shape index (κ3) is 2.72. The molecule has 0 atom stereocenters. The molecule has 0 spiro atoms. The molecular weight excluding hydrogens is 277 g/mol. The molecule has 1 aromatic heterocycles. The molecule has 0 fully saturated rings. The van der Waals surface area contributed by atoms with Gasteiger partial charge >= 0.3 is 5.97 Å². The van der Waals surface area contributed by atoms with Crippen molar-refractivity contribution in [1.82, 2.24) is 4.98 Å². The highest BCUT2D eigenvalue weighted by Crippen LogP contribution is 2.30. The van der Waals surface area contributed by atoms with E-state index in [-0.39, 0.29) is 11.3 Å². The lowest BCUT2D eigenvalue weighted by Gasteiger charge is -2.08. The summed E-state index contributed by atoms with van der Waals surface area (Å²) in [7, 11) is 0. The van der Waals surface area contributed by atoms with E-state index in [9.17, 15) is 4.79 Å². The number of benzene rings is 1. The molecule has 0 amide bonds. The molecule has 6 heteroatoms. The molecule has 0 bridgehead atoms. The summed E-state index contributed by atoms with van der Waals surface area (Å²) in [4.78, 5) is 14.8. The number of hydrogen-bond donors (Lipinski definition) is 1. The Kier molecular flexibility index (Phi) is 3.69. The van der Waals surface area contributed by atoms with E-state index >= 15 is 0 Å². The SMILES string of the molecule is O=C(O)c1ccncc1Oc1ccc(Cl)c(Cl)c1. The molecule has 0 aliphatic carbocycles. The number of carbonyl (C=O) groups is 1. The maximum absolute atomic E-state index is 11.0. The van der Waals surface area contributed by atoms with Crippen LogP contribution in [-0.4, -0.2) is 16.1 Å². The lowest BCUT2D eigenvalue weighted by molar-refractivity contribution is 0.0694. The van der Waals surface area contributed by atoms with Gasteiger partial charge in [0.05, 0.1) is 16.2 Å². The summed E-state index contributed by atoms with van der Waals surface area (Å²) < 4.78 is 5.42. The number of nitrogens with zero attached hydrogens (tertiary/aromatic N) is 1. The highest BCUT2D eigenvalue weighted by Gasteiger charge is 2.12. The zero-order valence-corrected chi connectivity index (χ0v) is 10.4. The van der Waals surface area contributed by atoms with Crippen LogP contribution in [0.25, 0.3) is 0 Å². The number of aromatic nitrogens is 1. The fourth-order valence-corrected chi connectivity index (χ4v) is 1.59. The summed E-state index contributed by atoms with van der Waals surface area (Å²) >= 11 is 11.6. The Morgan fingerprint density at radius 3 is 2.67 bits per heavy atom. The molecule has 1 N–H and O–H groups in total. The first kappa shape index (κ1) is 12.7. The zero-order chi connectivity index (χ0) is 13.1. The highest BCUT2D eigenvalue weighted by molar-refractivity contribution is 6.42. The van der Waals surface area contributed by atoms with Gasteiger partial charge in [0.15, 0.2) is 5.75 Å². The van der Waals surface area contributed by atoms with Crippen molar-refractivity contribution < 1.29 is 14.6 Å². The average molecular weight is 284 g/mol. The van der Waals surface area contributed by atoms with Crippen LogP contribution in [0, 0.1) is 0 Å². The normalized spacial score (nSPS) is 10.1. The Hall–Kier alpha value is -1.78. The third-order valence-electron chi connectivity index (χ3n) is 2.13. The lowest BCUT2D eigenvalue weighted by atomic mass is 10.2. The van der Waals surface area contributed by atoms with Crippen LogP contribution < -0.4 is 4.74 Å². The van der Waals surface area contributed by atoms with Crippen molar-refractivity contribution in [3.05, 3.63) is 52.3 Å². The van der Waals surface area contributed by atoms with E-state index in [0.717, 1.165) is 0 Å². The molecular formula is C12H7Cl2NO3. The van der Waals surface area contributed by atoms with Gasteiger partial charge in [-0.1, -0.05) is 23.2 Å². The van der Waals surface area contributed by atoms with E-state index in [1.807, 2.05) is 0 Å². The first-order chi connectivity index (χ1) is 8.58. The molecule has 0 saturated heterocycles. The zero-order valence-electron chi connectivity index (χ0n) is 8.93. The van der Waals surface area contributed by atoms with Crippen LogP contribution in [0.4, 0.5) is 0 Å². The number of ether oxygens (including phenoxy) is 1. The molecule has 18 heavy (non-hydrogen) atoms. The first-order valence-corrected chi connectivity index (χ1v) is 5.63. The smallest absolute Gasteiger partial charge is 0.339 e. The predicted octanol–water partition coefficient (Wildman–Crippen LogP) is 3.88. The Morgan fingerprint density at radius 2 is 2.00 bits per heavy atom. The van der Waals surface area contributed by atoms with Gasteiger partial charge < -0.3 is 9.84 Å². The standard InChI is InChI=1S/C12H7Cl2NO3/c13-9-2-1-7(5-10(9)14)18-11-6-15-4-3-8(11)12(16)17/h1-6H,(H,16,17). The van der Waals surface area contributed by atoms with Gasteiger partial charge in [-0.15, -0.1) is 0 Å². The quantitative estimate of drug-likeness (QED) is 0.929. The number of carboxylic acid groups (broad SMARTS) is 1. The minimum absolute atomic E-state index is 0.0241. The van der Waals surface area contributed by atoms with Crippen LogP contribution in [-0.2, 0) is 0 Å². The van der Waals surface area contributed by atoms with Crippen molar-refractivity contribution in [3.8, 4) is 11.5 Å². The van der Waals surface area contributed by atoms with E-state index in [4.69, 9.17) is 33.0 Å².